The summed E-state index contributed by atoms with van der Waals surface area (Å²) in [4.78, 5) is 27.6. The number of nitrogen functional groups attached to an aromatic ring is 1. The van der Waals surface area contributed by atoms with Crippen LogP contribution in [0.25, 0.3) is 0 Å². The first-order valence-electron chi connectivity index (χ1n) is 13.0. The molecule has 7 heteroatoms. The Kier molecular flexibility index (Phi) is 14.6. The molecular formula is C29H41N3O4. The minimum atomic E-state index is -0.437. The smallest absolute Gasteiger partial charge is 0.351 e. The quantitative estimate of drug-likeness (QED) is 0.172. The van der Waals surface area contributed by atoms with Crippen molar-refractivity contribution in [3.05, 3.63) is 83.5 Å². The van der Waals surface area contributed by atoms with E-state index in [-0.39, 0.29) is 24.5 Å². The van der Waals surface area contributed by atoms with Gasteiger partial charge in [-0.05, 0) is 63.9 Å². The standard InChI is InChI=1S/C29H41N3O4/c1-2-3-4-5-6-7-8-9-10-11-12-13-14-15-16-17-18-19-28(33)35-24-25-20-21-27(36-25)32-23-22-26(30)31-29(32)34/h3-4,6-7,9-10,12-13,15-16,22-23,25,27H,2,5,8,11,14,17-21,24H2,1H3,(H2,30,31,34). The van der Waals surface area contributed by atoms with Crippen LogP contribution in [0.2, 0.25) is 0 Å². The van der Waals surface area contributed by atoms with E-state index in [1.165, 1.54) is 4.57 Å². The van der Waals surface area contributed by atoms with Gasteiger partial charge in [-0.1, -0.05) is 67.7 Å². The van der Waals surface area contributed by atoms with E-state index in [9.17, 15) is 9.59 Å². The van der Waals surface area contributed by atoms with Crippen molar-refractivity contribution in [2.45, 2.75) is 83.5 Å². The predicted molar refractivity (Wildman–Crippen MR) is 145 cm³/mol. The molecule has 1 fully saturated rings. The molecule has 1 aromatic rings. The zero-order valence-corrected chi connectivity index (χ0v) is 21.5. The molecule has 1 aliphatic heterocycles. The maximum Gasteiger partial charge on any atom is 0.351 e. The average molecular weight is 496 g/mol. The summed E-state index contributed by atoms with van der Waals surface area (Å²) in [7, 11) is 0. The van der Waals surface area contributed by atoms with E-state index in [1.54, 1.807) is 12.3 Å². The Morgan fingerprint density at radius 3 is 2.25 bits per heavy atom. The van der Waals surface area contributed by atoms with E-state index in [0.29, 0.717) is 12.8 Å². The van der Waals surface area contributed by atoms with Crippen molar-refractivity contribution in [3.63, 3.8) is 0 Å². The first-order chi connectivity index (χ1) is 17.6. The lowest BCUT2D eigenvalue weighted by Crippen LogP contribution is -2.28. The first kappa shape index (κ1) is 29.0. The van der Waals surface area contributed by atoms with Crippen molar-refractivity contribution in [3.8, 4) is 0 Å². The van der Waals surface area contributed by atoms with Crippen LogP contribution in [0, 0.1) is 0 Å². The van der Waals surface area contributed by atoms with E-state index in [2.05, 4.69) is 72.7 Å². The summed E-state index contributed by atoms with van der Waals surface area (Å²) in [5.41, 5.74) is 5.08. The highest BCUT2D eigenvalue weighted by Gasteiger charge is 2.28. The van der Waals surface area contributed by atoms with Crippen molar-refractivity contribution in [1.82, 2.24) is 9.55 Å². The molecule has 0 aromatic carbocycles. The Balaban J connectivity index is 1.47. The maximum absolute atomic E-state index is 12.0. The van der Waals surface area contributed by atoms with Gasteiger partial charge in [0.05, 0.1) is 6.10 Å². The third-order valence-corrected chi connectivity index (χ3v) is 5.59. The Morgan fingerprint density at radius 1 is 1.03 bits per heavy atom. The molecule has 1 aliphatic rings. The van der Waals surface area contributed by atoms with Crippen molar-refractivity contribution >= 4 is 11.8 Å². The highest BCUT2D eigenvalue weighted by Crippen LogP contribution is 2.27. The SMILES string of the molecule is CCC=CCC=CCC=CCC=CCC=CCCCC(=O)OCC1CCC(n2ccc(N)nc2=O)O1. The van der Waals surface area contributed by atoms with Gasteiger partial charge in [0.2, 0.25) is 0 Å². The number of unbranched alkanes of at least 4 members (excludes halogenated alkanes) is 1. The predicted octanol–water partition coefficient (Wildman–Crippen LogP) is 5.97. The van der Waals surface area contributed by atoms with Crippen LogP contribution in [-0.2, 0) is 14.3 Å². The van der Waals surface area contributed by atoms with Gasteiger partial charge < -0.3 is 15.2 Å². The molecule has 196 valence electrons. The number of allylic oxidation sites excluding steroid dienone is 10. The third-order valence-electron chi connectivity index (χ3n) is 5.59. The Bertz CT molecular complexity index is 975. The molecule has 7 nitrogen and oxygen atoms in total. The summed E-state index contributed by atoms with van der Waals surface area (Å²) >= 11 is 0. The van der Waals surface area contributed by atoms with Crippen LogP contribution in [0.1, 0.15) is 77.4 Å². The summed E-state index contributed by atoms with van der Waals surface area (Å²) in [6, 6.07) is 1.56. The summed E-state index contributed by atoms with van der Waals surface area (Å²) in [5, 5.41) is 0. The van der Waals surface area contributed by atoms with Crippen LogP contribution in [0.5, 0.6) is 0 Å². The zero-order valence-electron chi connectivity index (χ0n) is 21.5. The first-order valence-corrected chi connectivity index (χ1v) is 13.0. The van der Waals surface area contributed by atoms with Gasteiger partial charge in [-0.2, -0.15) is 4.98 Å². The van der Waals surface area contributed by atoms with Crippen LogP contribution >= 0.6 is 0 Å². The summed E-state index contributed by atoms with van der Waals surface area (Å²) in [6.07, 6.45) is 31.0. The van der Waals surface area contributed by atoms with Gasteiger partial charge in [-0.25, -0.2) is 4.79 Å². The van der Waals surface area contributed by atoms with Crippen LogP contribution in [0.4, 0.5) is 5.82 Å². The number of hydrogen-bond acceptors (Lipinski definition) is 6. The van der Waals surface area contributed by atoms with Crippen molar-refractivity contribution in [1.29, 1.82) is 0 Å². The second kappa shape index (κ2) is 18.1. The van der Waals surface area contributed by atoms with Crippen LogP contribution < -0.4 is 11.4 Å². The molecule has 1 saturated heterocycles. The third kappa shape index (κ3) is 12.5. The molecule has 0 amide bonds. The van der Waals surface area contributed by atoms with Gasteiger partial charge in [0.1, 0.15) is 18.7 Å². The van der Waals surface area contributed by atoms with E-state index in [1.807, 2.05) is 0 Å². The molecule has 2 N–H and O–H groups in total. The maximum atomic E-state index is 12.0. The normalized spacial score (nSPS) is 18.6. The second-order valence-electron chi connectivity index (χ2n) is 8.62. The lowest BCUT2D eigenvalue weighted by molar-refractivity contribution is -0.148. The molecule has 2 rings (SSSR count). The fraction of sp³-hybridized carbons (Fsp3) is 0.483. The molecule has 2 atom stereocenters. The van der Waals surface area contributed by atoms with E-state index < -0.39 is 11.9 Å². The minimum absolute atomic E-state index is 0.185. The van der Waals surface area contributed by atoms with Crippen molar-refractivity contribution < 1.29 is 14.3 Å². The molecule has 36 heavy (non-hydrogen) atoms. The van der Waals surface area contributed by atoms with Crippen LogP contribution in [0.3, 0.4) is 0 Å². The van der Waals surface area contributed by atoms with Crippen LogP contribution in [-0.4, -0.2) is 28.2 Å². The van der Waals surface area contributed by atoms with Crippen molar-refractivity contribution in [2.75, 3.05) is 12.3 Å². The van der Waals surface area contributed by atoms with Gasteiger partial charge in [0, 0.05) is 12.6 Å². The number of carbonyl (C=O) groups excluding carboxylic acids is 1. The van der Waals surface area contributed by atoms with Gasteiger partial charge in [-0.3, -0.25) is 9.36 Å². The molecule has 2 heterocycles. The number of esters is 1. The van der Waals surface area contributed by atoms with Crippen LogP contribution in [0.15, 0.2) is 77.8 Å². The van der Waals surface area contributed by atoms with E-state index >= 15 is 0 Å². The number of nitrogens with zero attached hydrogens (tertiary/aromatic N) is 2. The minimum Gasteiger partial charge on any atom is -0.463 e. The number of hydrogen-bond donors (Lipinski definition) is 1. The molecule has 0 saturated carbocycles. The number of nitrogens with two attached hydrogens (primary N) is 1. The summed E-state index contributed by atoms with van der Waals surface area (Å²) in [5.74, 6) is -0.0370. The zero-order chi connectivity index (χ0) is 25.8. The topological polar surface area (TPSA) is 96.4 Å². The van der Waals surface area contributed by atoms with E-state index in [4.69, 9.17) is 15.2 Å². The number of carbonyl (C=O) groups is 1. The Hall–Kier alpha value is -3.19. The highest BCUT2D eigenvalue weighted by molar-refractivity contribution is 5.69. The van der Waals surface area contributed by atoms with E-state index in [0.717, 1.165) is 51.4 Å². The molecule has 0 radical (unpaired) electrons. The molecule has 0 spiro atoms. The number of ether oxygens (including phenoxy) is 2. The van der Waals surface area contributed by atoms with Crippen molar-refractivity contribution in [2.24, 2.45) is 0 Å². The lowest BCUT2D eigenvalue weighted by Gasteiger charge is -2.15. The number of aromatic nitrogens is 2. The lowest BCUT2D eigenvalue weighted by atomic mass is 10.2. The summed E-state index contributed by atoms with van der Waals surface area (Å²) < 4.78 is 12.6. The molecule has 0 bridgehead atoms. The number of rotatable bonds is 16. The molecular weight excluding hydrogens is 454 g/mol. The summed E-state index contributed by atoms with van der Waals surface area (Å²) in [6.45, 7) is 2.35. The monoisotopic (exact) mass is 495 g/mol. The van der Waals surface area contributed by atoms with Gasteiger partial charge in [0.15, 0.2) is 0 Å². The Labute approximate surface area is 215 Å². The fourth-order valence-electron chi connectivity index (χ4n) is 3.65. The van der Waals surface area contributed by atoms with Gasteiger partial charge in [-0.15, -0.1) is 0 Å². The number of anilines is 1. The fourth-order valence-corrected chi connectivity index (χ4v) is 3.65. The molecule has 1 aromatic heterocycles. The van der Waals surface area contributed by atoms with Gasteiger partial charge in [0.25, 0.3) is 0 Å². The Morgan fingerprint density at radius 2 is 1.64 bits per heavy atom. The largest absolute Gasteiger partial charge is 0.463 e. The van der Waals surface area contributed by atoms with Gasteiger partial charge >= 0.3 is 11.7 Å². The average Bonchev–Trinajstić information content (AvgIpc) is 3.33. The second-order valence-corrected chi connectivity index (χ2v) is 8.62. The molecule has 2 unspecified atom stereocenters. The molecule has 0 aliphatic carbocycles. The highest BCUT2D eigenvalue weighted by atomic mass is 16.6.